The van der Waals surface area contributed by atoms with Crippen molar-refractivity contribution in [2.75, 3.05) is 5.32 Å². The number of carbonyl (C=O) groups excluding carboxylic acids is 1. The second-order valence-corrected chi connectivity index (χ2v) is 7.49. The number of aryl methyl sites for hydroxylation is 2. The highest BCUT2D eigenvalue weighted by molar-refractivity contribution is 5.97. The molecule has 4 aromatic rings. The van der Waals surface area contributed by atoms with Crippen LogP contribution in [0.5, 0.6) is 0 Å². The van der Waals surface area contributed by atoms with Crippen molar-refractivity contribution in [1.29, 1.82) is 0 Å². The lowest BCUT2D eigenvalue weighted by atomic mass is 9.95. The minimum Gasteiger partial charge on any atom is -0.325 e. The molecule has 2 heterocycles. The van der Waals surface area contributed by atoms with Gasteiger partial charge in [0, 0.05) is 23.6 Å². The number of anilines is 1. The van der Waals surface area contributed by atoms with Crippen LogP contribution in [0.15, 0.2) is 73.1 Å². The number of nitrogens with zero attached hydrogens (tertiary/aromatic N) is 2. The number of pyridine rings is 1. The maximum absolute atomic E-state index is 13.0. The molecule has 4 rings (SSSR count). The smallest absolute Gasteiger partial charge is 0.231 e. The lowest BCUT2D eigenvalue weighted by Crippen LogP contribution is -2.21. The zero-order valence-corrected chi connectivity index (χ0v) is 17.0. The zero-order chi connectivity index (χ0) is 20.4. The molecule has 146 valence electrons. The van der Waals surface area contributed by atoms with Crippen LogP contribution in [0.2, 0.25) is 0 Å². The van der Waals surface area contributed by atoms with Crippen molar-refractivity contribution in [3.63, 3.8) is 0 Å². The van der Waals surface area contributed by atoms with Crippen molar-refractivity contribution >= 4 is 17.2 Å². The van der Waals surface area contributed by atoms with E-state index in [0.29, 0.717) is 0 Å². The fraction of sp³-hybridized carbons (Fsp3) is 0.200. The molecular formula is C25H25N3O. The monoisotopic (exact) mass is 383 g/mol. The van der Waals surface area contributed by atoms with Crippen molar-refractivity contribution < 1.29 is 4.79 Å². The number of amides is 1. The van der Waals surface area contributed by atoms with E-state index in [1.807, 2.05) is 79.2 Å². The molecule has 1 unspecified atom stereocenters. The molecule has 4 heteroatoms. The Hall–Kier alpha value is -3.40. The Labute approximate surface area is 171 Å². The average molecular weight is 383 g/mol. The number of benzene rings is 2. The fourth-order valence-electron chi connectivity index (χ4n) is 3.62. The number of fused-ring (bicyclic) bond motifs is 1. The summed E-state index contributed by atoms with van der Waals surface area (Å²) in [4.78, 5) is 17.7. The Balaban J connectivity index is 1.63. The van der Waals surface area contributed by atoms with Crippen molar-refractivity contribution in [1.82, 2.24) is 9.38 Å². The van der Waals surface area contributed by atoms with Gasteiger partial charge in [-0.25, -0.2) is 4.98 Å². The summed E-state index contributed by atoms with van der Waals surface area (Å²) in [5, 5.41) is 3.14. The Morgan fingerprint density at radius 2 is 1.86 bits per heavy atom. The van der Waals surface area contributed by atoms with Crippen molar-refractivity contribution in [3.05, 3.63) is 89.7 Å². The number of imidazole rings is 1. The molecule has 0 aliphatic heterocycles. The van der Waals surface area contributed by atoms with Gasteiger partial charge in [0.05, 0.1) is 11.6 Å². The number of aromatic nitrogens is 2. The van der Waals surface area contributed by atoms with E-state index in [1.165, 1.54) is 5.56 Å². The first kappa shape index (κ1) is 18.9. The number of hydrogen-bond acceptors (Lipinski definition) is 2. The van der Waals surface area contributed by atoms with Gasteiger partial charge in [-0.1, -0.05) is 49.4 Å². The third-order valence-electron chi connectivity index (χ3n) is 5.33. The van der Waals surface area contributed by atoms with E-state index in [2.05, 4.69) is 24.4 Å². The normalized spacial score (nSPS) is 12.1. The Bertz CT molecular complexity index is 1160. The molecule has 0 radical (unpaired) electrons. The predicted molar refractivity (Wildman–Crippen MR) is 118 cm³/mol. The van der Waals surface area contributed by atoms with Gasteiger partial charge >= 0.3 is 0 Å². The predicted octanol–water partition coefficient (Wildman–Crippen LogP) is 5.75. The van der Waals surface area contributed by atoms with Gasteiger partial charge in [0.2, 0.25) is 5.91 Å². The second-order valence-electron chi connectivity index (χ2n) is 7.49. The third kappa shape index (κ3) is 3.92. The van der Waals surface area contributed by atoms with Gasteiger partial charge in [0.15, 0.2) is 0 Å². The highest BCUT2D eigenvalue weighted by Gasteiger charge is 2.19. The molecule has 0 bridgehead atoms. The van der Waals surface area contributed by atoms with E-state index < -0.39 is 0 Å². The molecule has 0 spiro atoms. The highest BCUT2D eigenvalue weighted by Crippen LogP contribution is 2.27. The standard InChI is InChI=1S/C25H25N3O/c1-4-21(19-8-6-5-7-9-19)25(29)27-22-15-20(11-10-18(22)3)23-16-28-13-12-17(2)14-24(28)26-23/h5-16,21H,4H2,1-3H3,(H,27,29). The summed E-state index contributed by atoms with van der Waals surface area (Å²) in [6.07, 6.45) is 4.79. The van der Waals surface area contributed by atoms with Crippen LogP contribution in [0.1, 0.15) is 36.0 Å². The second kappa shape index (κ2) is 7.92. The highest BCUT2D eigenvalue weighted by atomic mass is 16.1. The molecule has 2 aromatic heterocycles. The van der Waals surface area contributed by atoms with Crippen LogP contribution >= 0.6 is 0 Å². The summed E-state index contributed by atoms with van der Waals surface area (Å²) in [7, 11) is 0. The average Bonchev–Trinajstić information content (AvgIpc) is 3.14. The molecule has 1 N–H and O–H groups in total. The van der Waals surface area contributed by atoms with E-state index in [0.717, 1.165) is 40.1 Å². The minimum absolute atomic E-state index is 0.0181. The van der Waals surface area contributed by atoms with Gasteiger partial charge in [-0.05, 0) is 55.2 Å². The van der Waals surface area contributed by atoms with Crippen LogP contribution in [-0.4, -0.2) is 15.3 Å². The largest absolute Gasteiger partial charge is 0.325 e. The van der Waals surface area contributed by atoms with Gasteiger partial charge in [-0.3, -0.25) is 4.79 Å². The van der Waals surface area contributed by atoms with Crippen LogP contribution in [-0.2, 0) is 4.79 Å². The van der Waals surface area contributed by atoms with Gasteiger partial charge in [-0.2, -0.15) is 0 Å². The number of hydrogen-bond donors (Lipinski definition) is 1. The molecule has 0 saturated carbocycles. The van der Waals surface area contributed by atoms with Crippen LogP contribution in [0, 0.1) is 13.8 Å². The molecule has 29 heavy (non-hydrogen) atoms. The summed E-state index contributed by atoms with van der Waals surface area (Å²) in [5.41, 5.74) is 6.87. The molecule has 0 fully saturated rings. The van der Waals surface area contributed by atoms with Gasteiger partial charge in [-0.15, -0.1) is 0 Å². The van der Waals surface area contributed by atoms with E-state index in [4.69, 9.17) is 4.98 Å². The quantitative estimate of drug-likeness (QED) is 0.477. The van der Waals surface area contributed by atoms with Crippen LogP contribution in [0.25, 0.3) is 16.9 Å². The SMILES string of the molecule is CCC(C(=O)Nc1cc(-c2cn3ccc(C)cc3n2)ccc1C)c1ccccc1. The van der Waals surface area contributed by atoms with E-state index in [1.54, 1.807) is 0 Å². The fourth-order valence-corrected chi connectivity index (χ4v) is 3.62. The summed E-state index contributed by atoms with van der Waals surface area (Å²) >= 11 is 0. The molecule has 1 atom stereocenters. The van der Waals surface area contributed by atoms with E-state index in [9.17, 15) is 4.79 Å². The summed E-state index contributed by atoms with van der Waals surface area (Å²) in [6.45, 7) is 6.11. The van der Waals surface area contributed by atoms with Crippen molar-refractivity contribution in [3.8, 4) is 11.3 Å². The first-order chi connectivity index (χ1) is 14.0. The first-order valence-electron chi connectivity index (χ1n) is 9.97. The summed E-state index contributed by atoms with van der Waals surface area (Å²) < 4.78 is 2.02. The Kier molecular flexibility index (Phi) is 5.17. The van der Waals surface area contributed by atoms with Crippen molar-refractivity contribution in [2.24, 2.45) is 0 Å². The zero-order valence-electron chi connectivity index (χ0n) is 17.0. The topological polar surface area (TPSA) is 46.4 Å². The number of rotatable bonds is 5. The lowest BCUT2D eigenvalue weighted by molar-refractivity contribution is -0.117. The third-order valence-corrected chi connectivity index (χ3v) is 5.33. The van der Waals surface area contributed by atoms with Crippen LogP contribution < -0.4 is 5.32 Å². The van der Waals surface area contributed by atoms with E-state index in [-0.39, 0.29) is 11.8 Å². The Morgan fingerprint density at radius 1 is 1.07 bits per heavy atom. The maximum Gasteiger partial charge on any atom is 0.231 e. The Morgan fingerprint density at radius 3 is 2.62 bits per heavy atom. The lowest BCUT2D eigenvalue weighted by Gasteiger charge is -2.17. The molecule has 0 aliphatic rings. The molecular weight excluding hydrogens is 358 g/mol. The van der Waals surface area contributed by atoms with E-state index >= 15 is 0 Å². The van der Waals surface area contributed by atoms with Gasteiger partial charge in [0.25, 0.3) is 0 Å². The van der Waals surface area contributed by atoms with Crippen LogP contribution in [0.4, 0.5) is 5.69 Å². The molecule has 0 aliphatic carbocycles. The number of carbonyl (C=O) groups is 1. The minimum atomic E-state index is -0.169. The summed E-state index contributed by atoms with van der Waals surface area (Å²) in [5.74, 6) is -0.151. The number of nitrogens with one attached hydrogen (secondary N) is 1. The van der Waals surface area contributed by atoms with Gasteiger partial charge < -0.3 is 9.72 Å². The molecule has 0 saturated heterocycles. The van der Waals surface area contributed by atoms with Crippen molar-refractivity contribution in [2.45, 2.75) is 33.1 Å². The first-order valence-corrected chi connectivity index (χ1v) is 9.97. The maximum atomic E-state index is 13.0. The summed E-state index contributed by atoms with van der Waals surface area (Å²) in [6, 6.07) is 20.2. The molecule has 1 amide bonds. The van der Waals surface area contributed by atoms with Gasteiger partial charge in [0.1, 0.15) is 5.65 Å². The molecule has 4 nitrogen and oxygen atoms in total. The van der Waals surface area contributed by atoms with Crippen LogP contribution in [0.3, 0.4) is 0 Å². The molecule has 2 aromatic carbocycles.